The maximum absolute atomic E-state index is 13.0. The van der Waals surface area contributed by atoms with Crippen LogP contribution in [0.25, 0.3) is 0 Å². The highest BCUT2D eigenvalue weighted by Gasteiger charge is 2.26. The molecule has 2 unspecified atom stereocenters. The van der Waals surface area contributed by atoms with Crippen molar-refractivity contribution in [1.29, 1.82) is 0 Å². The van der Waals surface area contributed by atoms with Gasteiger partial charge in [-0.15, -0.1) is 0 Å². The van der Waals surface area contributed by atoms with Crippen molar-refractivity contribution in [1.82, 2.24) is 0 Å². The Hall–Kier alpha value is -0.940. The van der Waals surface area contributed by atoms with Gasteiger partial charge in [0.25, 0.3) is 0 Å². The molecule has 5 heteroatoms. The van der Waals surface area contributed by atoms with Crippen LogP contribution in [-0.2, 0) is 9.84 Å². The minimum absolute atomic E-state index is 0.0389. The first-order chi connectivity index (χ1) is 7.38. The molecule has 1 aromatic rings. The van der Waals surface area contributed by atoms with E-state index in [4.69, 9.17) is 5.73 Å². The largest absolute Gasteiger partial charge is 0.323 e. The zero-order chi connectivity index (χ0) is 12.3. The highest BCUT2D eigenvalue weighted by Crippen LogP contribution is 2.20. The van der Waals surface area contributed by atoms with Crippen LogP contribution >= 0.6 is 0 Å². The second kappa shape index (κ2) is 4.93. The minimum atomic E-state index is -3.21. The molecule has 0 radical (unpaired) electrons. The van der Waals surface area contributed by atoms with Gasteiger partial charge < -0.3 is 5.73 Å². The van der Waals surface area contributed by atoms with Gasteiger partial charge in [-0.2, -0.15) is 0 Å². The van der Waals surface area contributed by atoms with Crippen LogP contribution in [0.4, 0.5) is 4.39 Å². The maximum Gasteiger partial charge on any atom is 0.154 e. The van der Waals surface area contributed by atoms with Gasteiger partial charge in [0, 0.05) is 11.8 Å². The summed E-state index contributed by atoms with van der Waals surface area (Å²) in [6, 6.07) is 5.04. The molecule has 0 fully saturated rings. The van der Waals surface area contributed by atoms with E-state index in [1.807, 2.05) is 0 Å². The maximum atomic E-state index is 13.0. The van der Waals surface area contributed by atoms with Crippen LogP contribution in [-0.4, -0.2) is 19.4 Å². The van der Waals surface area contributed by atoms with E-state index >= 15 is 0 Å². The van der Waals surface area contributed by atoms with Crippen molar-refractivity contribution in [3.05, 3.63) is 35.6 Å². The average molecular weight is 245 g/mol. The summed E-state index contributed by atoms with van der Waals surface area (Å²) in [4.78, 5) is 0. The smallest absolute Gasteiger partial charge is 0.154 e. The van der Waals surface area contributed by atoms with E-state index in [-0.39, 0.29) is 5.75 Å². The van der Waals surface area contributed by atoms with Crippen molar-refractivity contribution in [3.63, 3.8) is 0 Å². The molecule has 0 spiro atoms. The lowest BCUT2D eigenvalue weighted by Crippen LogP contribution is -2.32. The number of rotatable bonds is 4. The number of sulfone groups is 1. The van der Waals surface area contributed by atoms with Crippen LogP contribution in [0.5, 0.6) is 0 Å². The summed E-state index contributed by atoms with van der Waals surface area (Å²) in [5, 5.41) is -0.709. The number of benzene rings is 1. The Morgan fingerprint density at radius 2 is 2.06 bits per heavy atom. The van der Waals surface area contributed by atoms with E-state index in [2.05, 4.69) is 0 Å². The van der Waals surface area contributed by atoms with Gasteiger partial charge in [0.2, 0.25) is 0 Å². The minimum Gasteiger partial charge on any atom is -0.323 e. The van der Waals surface area contributed by atoms with E-state index in [0.717, 1.165) is 0 Å². The summed E-state index contributed by atoms with van der Waals surface area (Å²) in [5.41, 5.74) is 6.33. The molecule has 1 aromatic carbocycles. The van der Waals surface area contributed by atoms with Crippen molar-refractivity contribution in [2.45, 2.75) is 25.1 Å². The summed E-state index contributed by atoms with van der Waals surface area (Å²) >= 11 is 0. The summed E-state index contributed by atoms with van der Waals surface area (Å²) in [7, 11) is -3.21. The molecule has 16 heavy (non-hydrogen) atoms. The molecule has 2 N–H and O–H groups in total. The first-order valence-electron chi connectivity index (χ1n) is 5.11. The Kier molecular flexibility index (Phi) is 4.04. The van der Waals surface area contributed by atoms with Crippen LogP contribution in [0.1, 0.15) is 25.5 Å². The Morgan fingerprint density at radius 1 is 1.44 bits per heavy atom. The fourth-order valence-corrected chi connectivity index (χ4v) is 2.60. The summed E-state index contributed by atoms with van der Waals surface area (Å²) < 4.78 is 36.2. The lowest BCUT2D eigenvalue weighted by Gasteiger charge is -2.19. The number of hydrogen-bond acceptors (Lipinski definition) is 3. The van der Waals surface area contributed by atoms with Crippen molar-refractivity contribution >= 4 is 9.84 Å². The highest BCUT2D eigenvalue weighted by molar-refractivity contribution is 7.92. The molecule has 0 aliphatic heterocycles. The van der Waals surface area contributed by atoms with Gasteiger partial charge in [0.1, 0.15) is 5.82 Å². The van der Waals surface area contributed by atoms with Gasteiger partial charge in [-0.1, -0.05) is 19.1 Å². The van der Waals surface area contributed by atoms with Gasteiger partial charge in [0.15, 0.2) is 9.84 Å². The predicted octanol–water partition coefficient (Wildman–Crippen LogP) is 1.65. The molecule has 0 aliphatic carbocycles. The fourth-order valence-electron chi connectivity index (χ4n) is 1.47. The van der Waals surface area contributed by atoms with Crippen molar-refractivity contribution in [2.75, 3.05) is 5.75 Å². The molecular formula is C11H16FNO2S. The normalized spacial score (nSPS) is 15.8. The highest BCUT2D eigenvalue weighted by atomic mass is 32.2. The van der Waals surface area contributed by atoms with E-state index in [0.29, 0.717) is 5.56 Å². The average Bonchev–Trinajstić information content (AvgIpc) is 2.27. The van der Waals surface area contributed by atoms with Crippen LogP contribution in [0.2, 0.25) is 0 Å². The number of hydrogen-bond donors (Lipinski definition) is 1. The second-order valence-corrected chi connectivity index (χ2v) is 6.38. The quantitative estimate of drug-likeness (QED) is 0.877. The van der Waals surface area contributed by atoms with Crippen LogP contribution in [0, 0.1) is 5.82 Å². The zero-order valence-corrected chi connectivity index (χ0v) is 10.2. The van der Waals surface area contributed by atoms with E-state index in [9.17, 15) is 12.8 Å². The first-order valence-corrected chi connectivity index (χ1v) is 6.82. The second-order valence-electron chi connectivity index (χ2n) is 3.74. The van der Waals surface area contributed by atoms with Crippen molar-refractivity contribution in [3.8, 4) is 0 Å². The van der Waals surface area contributed by atoms with Gasteiger partial charge >= 0.3 is 0 Å². The van der Waals surface area contributed by atoms with Crippen molar-refractivity contribution in [2.24, 2.45) is 5.73 Å². The zero-order valence-electron chi connectivity index (χ0n) is 9.35. The summed E-state index contributed by atoms with van der Waals surface area (Å²) in [6.07, 6.45) is 0. The third-order valence-electron chi connectivity index (χ3n) is 2.71. The molecule has 3 nitrogen and oxygen atoms in total. The monoisotopic (exact) mass is 245 g/mol. The van der Waals surface area contributed by atoms with Crippen LogP contribution in [0.3, 0.4) is 0 Å². The SMILES string of the molecule is CCS(=O)(=O)C(C)C(N)c1cccc(F)c1. The van der Waals surface area contributed by atoms with Gasteiger partial charge in [-0.3, -0.25) is 0 Å². The molecule has 0 saturated carbocycles. The fraction of sp³-hybridized carbons (Fsp3) is 0.455. The summed E-state index contributed by atoms with van der Waals surface area (Å²) in [5.74, 6) is -0.369. The first kappa shape index (κ1) is 13.1. The molecule has 0 heterocycles. The standard InChI is InChI=1S/C11H16FNO2S/c1-3-16(14,15)8(2)11(13)9-5-4-6-10(12)7-9/h4-8,11H,3,13H2,1-2H3. The summed E-state index contributed by atoms with van der Waals surface area (Å²) in [6.45, 7) is 3.12. The molecule has 90 valence electrons. The molecule has 2 atom stereocenters. The topological polar surface area (TPSA) is 60.2 Å². The number of halogens is 1. The molecule has 1 rings (SSSR count). The molecular weight excluding hydrogens is 229 g/mol. The third-order valence-corrected chi connectivity index (χ3v) is 4.94. The Balaban J connectivity index is 2.99. The van der Waals surface area contributed by atoms with E-state index in [1.54, 1.807) is 19.9 Å². The Bertz CT molecular complexity index is 459. The lowest BCUT2D eigenvalue weighted by molar-refractivity contribution is 0.563. The van der Waals surface area contributed by atoms with E-state index in [1.165, 1.54) is 18.2 Å². The number of nitrogens with two attached hydrogens (primary N) is 1. The predicted molar refractivity (Wildman–Crippen MR) is 62.3 cm³/mol. The molecule has 0 amide bonds. The van der Waals surface area contributed by atoms with Crippen LogP contribution in [0.15, 0.2) is 24.3 Å². The molecule has 0 bridgehead atoms. The van der Waals surface area contributed by atoms with Gasteiger partial charge in [0.05, 0.1) is 5.25 Å². The van der Waals surface area contributed by atoms with Gasteiger partial charge in [-0.25, -0.2) is 12.8 Å². The van der Waals surface area contributed by atoms with E-state index < -0.39 is 26.9 Å². The van der Waals surface area contributed by atoms with Crippen molar-refractivity contribution < 1.29 is 12.8 Å². The lowest BCUT2D eigenvalue weighted by atomic mass is 10.1. The Labute approximate surface area is 95.4 Å². The van der Waals surface area contributed by atoms with Gasteiger partial charge in [-0.05, 0) is 24.6 Å². The third kappa shape index (κ3) is 2.80. The molecule has 0 aromatic heterocycles. The van der Waals surface area contributed by atoms with Crippen LogP contribution < -0.4 is 5.73 Å². The Morgan fingerprint density at radius 3 is 2.56 bits per heavy atom. The molecule has 0 aliphatic rings. The molecule has 0 saturated heterocycles.